The van der Waals surface area contributed by atoms with Crippen molar-refractivity contribution >= 4 is 34.8 Å². The average molecular weight is 312 g/mol. The summed E-state index contributed by atoms with van der Waals surface area (Å²) in [6, 6.07) is 3.16. The highest BCUT2D eigenvalue weighted by molar-refractivity contribution is 7.13. The minimum atomic E-state index is -1.02. The number of aryl methyl sites for hydroxylation is 1. The number of amides is 1. The maximum absolute atomic E-state index is 11.9. The largest absolute Gasteiger partial charge is 0.477 e. The minimum absolute atomic E-state index is 0.117. The fraction of sp³-hybridized carbons (Fsp3) is 0.167. The fourth-order valence-electron chi connectivity index (χ4n) is 1.53. The lowest BCUT2D eigenvalue weighted by Gasteiger charge is -2.03. The highest BCUT2D eigenvalue weighted by atomic mass is 35.5. The van der Waals surface area contributed by atoms with E-state index in [-0.39, 0.29) is 28.0 Å². The number of nitrogens with zero attached hydrogens (tertiary/aromatic N) is 2. The number of aromatic nitrogens is 2. The SMILES string of the molecule is Cc1nc(CNC(=O)c2cccnc2Cl)sc1C(=O)O. The quantitative estimate of drug-likeness (QED) is 0.844. The molecule has 6 nitrogen and oxygen atoms in total. The van der Waals surface area contributed by atoms with Gasteiger partial charge in [0, 0.05) is 6.20 Å². The summed E-state index contributed by atoms with van der Waals surface area (Å²) in [6.45, 7) is 1.76. The van der Waals surface area contributed by atoms with Crippen LogP contribution >= 0.6 is 22.9 Å². The van der Waals surface area contributed by atoms with Gasteiger partial charge in [0.25, 0.3) is 5.91 Å². The average Bonchev–Trinajstić information content (AvgIpc) is 2.78. The summed E-state index contributed by atoms with van der Waals surface area (Å²) in [4.78, 5) is 30.9. The smallest absolute Gasteiger partial charge is 0.347 e. The Morgan fingerprint density at radius 3 is 2.85 bits per heavy atom. The van der Waals surface area contributed by atoms with Gasteiger partial charge in [-0.1, -0.05) is 11.6 Å². The van der Waals surface area contributed by atoms with E-state index in [2.05, 4.69) is 15.3 Å². The van der Waals surface area contributed by atoms with Crippen LogP contribution in [-0.4, -0.2) is 27.0 Å². The molecule has 0 aliphatic carbocycles. The Balaban J connectivity index is 2.06. The predicted octanol–water partition coefficient (Wildman–Crippen LogP) is 2.13. The normalized spacial score (nSPS) is 10.3. The van der Waals surface area contributed by atoms with Crippen LogP contribution in [0.4, 0.5) is 0 Å². The number of thiazole rings is 1. The molecule has 0 aliphatic rings. The number of hydrogen-bond donors (Lipinski definition) is 2. The van der Waals surface area contributed by atoms with Crippen LogP contribution in [-0.2, 0) is 6.54 Å². The van der Waals surface area contributed by atoms with Crippen molar-refractivity contribution in [2.45, 2.75) is 13.5 Å². The molecule has 0 fully saturated rings. The second-order valence-corrected chi connectivity index (χ2v) is 5.29. The Hall–Kier alpha value is -1.99. The number of carbonyl (C=O) groups excluding carboxylic acids is 1. The molecule has 20 heavy (non-hydrogen) atoms. The van der Waals surface area contributed by atoms with Crippen LogP contribution < -0.4 is 5.32 Å². The van der Waals surface area contributed by atoms with Gasteiger partial charge in [0.15, 0.2) is 0 Å². The number of halogens is 1. The Bertz CT molecular complexity index is 672. The maximum atomic E-state index is 11.9. The highest BCUT2D eigenvalue weighted by Crippen LogP contribution is 2.18. The van der Waals surface area contributed by atoms with Gasteiger partial charge in [-0.3, -0.25) is 4.79 Å². The predicted molar refractivity (Wildman–Crippen MR) is 74.2 cm³/mol. The first-order chi connectivity index (χ1) is 9.49. The maximum Gasteiger partial charge on any atom is 0.347 e. The Kier molecular flexibility index (Phi) is 4.31. The van der Waals surface area contributed by atoms with Crippen molar-refractivity contribution in [3.05, 3.63) is 44.6 Å². The van der Waals surface area contributed by atoms with Crippen LogP contribution in [0.2, 0.25) is 5.15 Å². The zero-order valence-corrected chi connectivity index (χ0v) is 12.0. The topological polar surface area (TPSA) is 92.2 Å². The van der Waals surface area contributed by atoms with Crippen LogP contribution in [0.15, 0.2) is 18.3 Å². The molecule has 0 aliphatic heterocycles. The number of aromatic carboxylic acids is 1. The first-order valence-electron chi connectivity index (χ1n) is 5.57. The molecular formula is C12H10ClN3O3S. The van der Waals surface area contributed by atoms with E-state index in [1.54, 1.807) is 19.1 Å². The van der Waals surface area contributed by atoms with Crippen LogP contribution in [0.25, 0.3) is 0 Å². The van der Waals surface area contributed by atoms with Crippen LogP contribution in [0.5, 0.6) is 0 Å². The molecule has 8 heteroatoms. The van der Waals surface area contributed by atoms with E-state index < -0.39 is 5.97 Å². The molecule has 2 rings (SSSR count). The molecule has 0 aromatic carbocycles. The zero-order chi connectivity index (χ0) is 14.7. The van der Waals surface area contributed by atoms with Crippen molar-refractivity contribution in [2.24, 2.45) is 0 Å². The number of carboxylic acid groups (broad SMARTS) is 1. The molecule has 0 bridgehead atoms. The van der Waals surface area contributed by atoms with Crippen molar-refractivity contribution in [1.29, 1.82) is 0 Å². The fourth-order valence-corrected chi connectivity index (χ4v) is 2.58. The highest BCUT2D eigenvalue weighted by Gasteiger charge is 2.15. The lowest BCUT2D eigenvalue weighted by atomic mass is 10.3. The van der Waals surface area contributed by atoms with Crippen molar-refractivity contribution < 1.29 is 14.7 Å². The van der Waals surface area contributed by atoms with Gasteiger partial charge in [0.1, 0.15) is 15.0 Å². The molecule has 2 N–H and O–H groups in total. The van der Waals surface area contributed by atoms with E-state index in [0.717, 1.165) is 11.3 Å². The molecule has 0 spiro atoms. The van der Waals surface area contributed by atoms with E-state index >= 15 is 0 Å². The number of carboxylic acids is 1. The number of nitrogens with one attached hydrogen (secondary N) is 1. The van der Waals surface area contributed by atoms with Crippen LogP contribution in [0.3, 0.4) is 0 Å². The van der Waals surface area contributed by atoms with E-state index in [0.29, 0.717) is 10.7 Å². The molecule has 0 saturated heterocycles. The van der Waals surface area contributed by atoms with Gasteiger partial charge in [0.05, 0.1) is 17.8 Å². The molecule has 0 unspecified atom stereocenters. The monoisotopic (exact) mass is 311 g/mol. The summed E-state index contributed by atoms with van der Waals surface area (Å²) in [5.41, 5.74) is 0.701. The second kappa shape index (κ2) is 5.98. The summed E-state index contributed by atoms with van der Waals surface area (Å²) >= 11 is 6.84. The number of rotatable bonds is 4. The molecule has 0 atom stereocenters. The molecule has 1 amide bonds. The summed E-state index contributed by atoms with van der Waals surface area (Å²) in [7, 11) is 0. The van der Waals surface area contributed by atoms with Gasteiger partial charge in [-0.2, -0.15) is 0 Å². The summed E-state index contributed by atoms with van der Waals surface area (Å²) in [5.74, 6) is -1.40. The van der Waals surface area contributed by atoms with E-state index in [9.17, 15) is 9.59 Å². The van der Waals surface area contributed by atoms with Crippen molar-refractivity contribution in [2.75, 3.05) is 0 Å². The molecule has 2 aromatic rings. The molecule has 0 saturated carbocycles. The van der Waals surface area contributed by atoms with Gasteiger partial charge in [-0.15, -0.1) is 11.3 Å². The number of pyridine rings is 1. The van der Waals surface area contributed by atoms with E-state index in [1.807, 2.05) is 0 Å². The van der Waals surface area contributed by atoms with Gasteiger partial charge in [-0.05, 0) is 19.1 Å². The van der Waals surface area contributed by atoms with Crippen LogP contribution in [0.1, 0.15) is 30.7 Å². The Morgan fingerprint density at radius 1 is 1.50 bits per heavy atom. The molecule has 2 heterocycles. The van der Waals surface area contributed by atoms with Gasteiger partial charge in [-0.25, -0.2) is 14.8 Å². The molecule has 2 aromatic heterocycles. The zero-order valence-electron chi connectivity index (χ0n) is 10.4. The first-order valence-corrected chi connectivity index (χ1v) is 6.77. The lowest BCUT2D eigenvalue weighted by molar-refractivity contribution is 0.0701. The van der Waals surface area contributed by atoms with Crippen molar-refractivity contribution in [3.63, 3.8) is 0 Å². The van der Waals surface area contributed by atoms with Crippen LogP contribution in [0, 0.1) is 6.92 Å². The Morgan fingerprint density at radius 2 is 2.25 bits per heavy atom. The first kappa shape index (κ1) is 14.4. The number of carbonyl (C=O) groups is 2. The third-order valence-corrected chi connectivity index (χ3v) is 3.89. The summed E-state index contributed by atoms with van der Waals surface area (Å²) in [6.07, 6.45) is 1.49. The van der Waals surface area contributed by atoms with E-state index in [4.69, 9.17) is 16.7 Å². The third kappa shape index (κ3) is 3.12. The van der Waals surface area contributed by atoms with Crippen molar-refractivity contribution in [1.82, 2.24) is 15.3 Å². The molecule has 0 radical (unpaired) electrons. The molecular weight excluding hydrogens is 302 g/mol. The third-order valence-electron chi connectivity index (χ3n) is 2.44. The lowest BCUT2D eigenvalue weighted by Crippen LogP contribution is -2.23. The second-order valence-electron chi connectivity index (χ2n) is 3.85. The van der Waals surface area contributed by atoms with Gasteiger partial charge in [0.2, 0.25) is 0 Å². The van der Waals surface area contributed by atoms with E-state index in [1.165, 1.54) is 6.20 Å². The van der Waals surface area contributed by atoms with Gasteiger partial charge < -0.3 is 10.4 Å². The van der Waals surface area contributed by atoms with Gasteiger partial charge >= 0.3 is 5.97 Å². The molecule has 104 valence electrons. The Labute approximate surface area is 123 Å². The summed E-state index contributed by atoms with van der Waals surface area (Å²) < 4.78 is 0. The minimum Gasteiger partial charge on any atom is -0.477 e. The summed E-state index contributed by atoms with van der Waals surface area (Å²) in [5, 5.41) is 12.2. The standard InChI is InChI=1S/C12H10ClN3O3S/c1-6-9(12(18)19)20-8(16-6)5-15-11(17)7-3-2-4-14-10(7)13/h2-4H,5H2,1H3,(H,15,17)(H,18,19). The number of hydrogen-bond acceptors (Lipinski definition) is 5. The van der Waals surface area contributed by atoms with Crippen molar-refractivity contribution in [3.8, 4) is 0 Å².